The maximum atomic E-state index is 11.8. The lowest BCUT2D eigenvalue weighted by Crippen LogP contribution is -2.30. The van der Waals surface area contributed by atoms with Gasteiger partial charge in [-0.05, 0) is 12.8 Å². The highest BCUT2D eigenvalue weighted by Crippen LogP contribution is 2.32. The third-order valence-electron chi connectivity index (χ3n) is 3.37. The fraction of sp³-hybridized carbons (Fsp3) is 0.417. The van der Waals surface area contributed by atoms with Gasteiger partial charge in [0.15, 0.2) is 5.82 Å². The zero-order valence-electron chi connectivity index (χ0n) is 11.0. The zero-order chi connectivity index (χ0) is 14.2. The first-order valence-electron chi connectivity index (χ1n) is 6.34. The van der Waals surface area contributed by atoms with Gasteiger partial charge in [-0.25, -0.2) is 18.4 Å². The third kappa shape index (κ3) is 2.44. The molecule has 8 heteroatoms. The lowest BCUT2D eigenvalue weighted by molar-refractivity contribution is 0.393. The first-order valence-corrected chi connectivity index (χ1v) is 8.19. The molecule has 106 valence electrons. The van der Waals surface area contributed by atoms with Crippen molar-refractivity contribution in [3.63, 3.8) is 0 Å². The number of nitrogens with zero attached hydrogens (tertiary/aromatic N) is 4. The molecule has 0 radical (unpaired) electrons. The largest absolute Gasteiger partial charge is 0.343 e. The van der Waals surface area contributed by atoms with E-state index in [-0.39, 0.29) is 6.04 Å². The molecule has 3 rings (SSSR count). The van der Waals surface area contributed by atoms with Crippen molar-refractivity contribution in [3.05, 3.63) is 30.5 Å². The molecule has 0 saturated carbocycles. The van der Waals surface area contributed by atoms with Crippen molar-refractivity contribution < 1.29 is 8.42 Å². The van der Waals surface area contributed by atoms with Crippen LogP contribution in [-0.4, -0.2) is 45.5 Å². The summed E-state index contributed by atoms with van der Waals surface area (Å²) in [6, 6.07) is -0.229. The van der Waals surface area contributed by atoms with Crippen molar-refractivity contribution in [3.8, 4) is 11.5 Å². The SMILES string of the molecule is CS(=O)(=O)N1CCC[C@H]1c1cncc(-c2ncc[nH]2)n1. The Balaban J connectivity index is 1.97. The fourth-order valence-corrected chi connectivity index (χ4v) is 3.63. The van der Waals surface area contributed by atoms with E-state index >= 15 is 0 Å². The lowest BCUT2D eigenvalue weighted by Gasteiger charge is -2.21. The molecule has 1 aliphatic heterocycles. The summed E-state index contributed by atoms with van der Waals surface area (Å²) in [5.74, 6) is 0.628. The summed E-state index contributed by atoms with van der Waals surface area (Å²) in [5.41, 5.74) is 1.29. The number of aromatic amines is 1. The third-order valence-corrected chi connectivity index (χ3v) is 4.65. The first-order chi connectivity index (χ1) is 9.55. The lowest BCUT2D eigenvalue weighted by atomic mass is 10.1. The first kappa shape index (κ1) is 13.2. The van der Waals surface area contributed by atoms with E-state index in [4.69, 9.17) is 0 Å². The molecule has 3 heterocycles. The van der Waals surface area contributed by atoms with Crippen molar-refractivity contribution in [2.24, 2.45) is 0 Å². The number of rotatable bonds is 3. The van der Waals surface area contributed by atoms with Crippen LogP contribution in [-0.2, 0) is 10.0 Å². The predicted molar refractivity (Wildman–Crippen MR) is 73.1 cm³/mol. The van der Waals surface area contributed by atoms with E-state index in [2.05, 4.69) is 19.9 Å². The van der Waals surface area contributed by atoms with Crippen molar-refractivity contribution in [1.82, 2.24) is 24.2 Å². The number of hydrogen-bond donors (Lipinski definition) is 1. The summed E-state index contributed by atoms with van der Waals surface area (Å²) in [4.78, 5) is 15.8. The fourth-order valence-electron chi connectivity index (χ4n) is 2.49. The van der Waals surface area contributed by atoms with Gasteiger partial charge in [0.25, 0.3) is 0 Å². The Kier molecular flexibility index (Phi) is 3.27. The minimum absolute atomic E-state index is 0.229. The van der Waals surface area contributed by atoms with Crippen molar-refractivity contribution in [1.29, 1.82) is 0 Å². The maximum Gasteiger partial charge on any atom is 0.211 e. The Morgan fingerprint density at radius 1 is 1.40 bits per heavy atom. The topological polar surface area (TPSA) is 91.8 Å². The molecule has 1 fully saturated rings. The molecule has 1 aliphatic rings. The van der Waals surface area contributed by atoms with E-state index in [1.54, 1.807) is 24.8 Å². The van der Waals surface area contributed by atoms with Gasteiger partial charge in [0.1, 0.15) is 5.69 Å². The van der Waals surface area contributed by atoms with Crippen LogP contribution >= 0.6 is 0 Å². The van der Waals surface area contributed by atoms with Crippen molar-refractivity contribution in [2.45, 2.75) is 18.9 Å². The molecule has 2 aromatic rings. The molecule has 0 aliphatic carbocycles. The van der Waals surface area contributed by atoms with Gasteiger partial charge < -0.3 is 4.98 Å². The zero-order valence-corrected chi connectivity index (χ0v) is 11.8. The van der Waals surface area contributed by atoms with E-state index in [1.807, 2.05) is 0 Å². The highest BCUT2D eigenvalue weighted by Gasteiger charge is 2.33. The summed E-state index contributed by atoms with van der Waals surface area (Å²) in [6.45, 7) is 0.538. The standard InChI is InChI=1S/C12H15N5O2S/c1-20(18,19)17-6-2-3-11(17)9-7-13-8-10(16-9)12-14-4-5-15-12/h4-5,7-8,11H,2-3,6H2,1H3,(H,14,15)/t11-/m0/s1. The van der Waals surface area contributed by atoms with Crippen LogP contribution in [0.1, 0.15) is 24.6 Å². The van der Waals surface area contributed by atoms with Crippen molar-refractivity contribution in [2.75, 3.05) is 12.8 Å². The van der Waals surface area contributed by atoms with Crippen LogP contribution in [0.2, 0.25) is 0 Å². The van der Waals surface area contributed by atoms with Gasteiger partial charge in [0, 0.05) is 18.9 Å². The number of nitrogens with one attached hydrogen (secondary N) is 1. The van der Waals surface area contributed by atoms with Crippen molar-refractivity contribution >= 4 is 10.0 Å². The van der Waals surface area contributed by atoms with Crippen LogP contribution in [0.3, 0.4) is 0 Å². The highest BCUT2D eigenvalue weighted by molar-refractivity contribution is 7.88. The van der Waals surface area contributed by atoms with Gasteiger partial charge in [-0.3, -0.25) is 4.98 Å². The molecular weight excluding hydrogens is 278 g/mol. The smallest absolute Gasteiger partial charge is 0.211 e. The summed E-state index contributed by atoms with van der Waals surface area (Å²) in [5, 5.41) is 0. The molecule has 1 atom stereocenters. The number of hydrogen-bond acceptors (Lipinski definition) is 5. The molecule has 7 nitrogen and oxygen atoms in total. The van der Waals surface area contributed by atoms with Crippen LogP contribution in [0.5, 0.6) is 0 Å². The van der Waals surface area contributed by atoms with Crippen LogP contribution in [0.4, 0.5) is 0 Å². The predicted octanol–water partition coefficient (Wildman–Crippen LogP) is 0.963. The Hall–Kier alpha value is -1.80. The Morgan fingerprint density at radius 3 is 2.95 bits per heavy atom. The minimum Gasteiger partial charge on any atom is -0.343 e. The van der Waals surface area contributed by atoms with E-state index in [9.17, 15) is 8.42 Å². The monoisotopic (exact) mass is 293 g/mol. The maximum absolute atomic E-state index is 11.8. The molecule has 1 saturated heterocycles. The van der Waals surface area contributed by atoms with Crippen LogP contribution in [0.15, 0.2) is 24.8 Å². The van der Waals surface area contributed by atoms with Gasteiger partial charge in [0.2, 0.25) is 10.0 Å². The van der Waals surface area contributed by atoms with Gasteiger partial charge in [0.05, 0.1) is 30.4 Å². The summed E-state index contributed by atoms with van der Waals surface area (Å²) in [7, 11) is -3.22. The number of H-pyrrole nitrogens is 1. The van der Waals surface area contributed by atoms with Crippen LogP contribution in [0, 0.1) is 0 Å². The molecular formula is C12H15N5O2S. The second-order valence-electron chi connectivity index (χ2n) is 4.80. The number of sulfonamides is 1. The Bertz CT molecular complexity index is 698. The van der Waals surface area contributed by atoms with E-state index in [0.717, 1.165) is 12.8 Å². The van der Waals surface area contributed by atoms with E-state index < -0.39 is 10.0 Å². The normalized spacial score (nSPS) is 20.4. The summed E-state index contributed by atoms with van der Waals surface area (Å²) in [6.07, 6.45) is 9.43. The second-order valence-corrected chi connectivity index (χ2v) is 6.73. The number of aromatic nitrogens is 4. The Morgan fingerprint density at radius 2 is 2.25 bits per heavy atom. The van der Waals surface area contributed by atoms with Crippen LogP contribution in [0.25, 0.3) is 11.5 Å². The molecule has 0 aromatic carbocycles. The van der Waals surface area contributed by atoms with Gasteiger partial charge >= 0.3 is 0 Å². The molecule has 2 aromatic heterocycles. The Labute approximate surface area is 117 Å². The second kappa shape index (κ2) is 4.95. The molecule has 0 spiro atoms. The average molecular weight is 293 g/mol. The average Bonchev–Trinajstić information content (AvgIpc) is 3.10. The summed E-state index contributed by atoms with van der Waals surface area (Å²) >= 11 is 0. The van der Waals surface area contributed by atoms with Gasteiger partial charge in [-0.2, -0.15) is 4.31 Å². The molecule has 0 amide bonds. The quantitative estimate of drug-likeness (QED) is 0.910. The summed E-state index contributed by atoms with van der Waals surface area (Å²) < 4.78 is 25.1. The van der Waals surface area contributed by atoms with E-state index in [1.165, 1.54) is 10.6 Å². The molecule has 20 heavy (non-hydrogen) atoms. The molecule has 1 N–H and O–H groups in total. The van der Waals surface area contributed by atoms with Gasteiger partial charge in [-0.1, -0.05) is 0 Å². The minimum atomic E-state index is -3.22. The van der Waals surface area contributed by atoms with Crippen LogP contribution < -0.4 is 0 Å². The number of imidazole rings is 1. The van der Waals surface area contributed by atoms with E-state index in [0.29, 0.717) is 23.8 Å². The van der Waals surface area contributed by atoms with Gasteiger partial charge in [-0.15, -0.1) is 0 Å². The molecule has 0 unspecified atom stereocenters. The molecule has 0 bridgehead atoms. The highest BCUT2D eigenvalue weighted by atomic mass is 32.2.